The molecular weight excluding hydrogens is 440 g/mol. The smallest absolute Gasteiger partial charge is 0.309 e. The molecule has 0 aromatic rings. The SMILES string of the molecule is O=C(CCCCCOC(=O)C1CCC2OC2C1)OCCCCCC(=O)OCC1CCC2OC2C1. The van der Waals surface area contributed by atoms with E-state index in [2.05, 4.69) is 0 Å². The predicted octanol–water partition coefficient (Wildman–Crippen LogP) is 3.87. The maximum atomic E-state index is 12.1. The molecule has 2 aliphatic carbocycles. The number of hydrogen-bond donors (Lipinski definition) is 0. The van der Waals surface area contributed by atoms with Gasteiger partial charge in [0.1, 0.15) is 0 Å². The van der Waals surface area contributed by atoms with Crippen LogP contribution in [0.1, 0.15) is 89.9 Å². The maximum Gasteiger partial charge on any atom is 0.309 e. The van der Waals surface area contributed by atoms with Crippen LogP contribution >= 0.6 is 0 Å². The van der Waals surface area contributed by atoms with Gasteiger partial charge in [-0.3, -0.25) is 14.4 Å². The molecule has 192 valence electrons. The summed E-state index contributed by atoms with van der Waals surface area (Å²) in [6.45, 7) is 1.32. The van der Waals surface area contributed by atoms with Crippen molar-refractivity contribution in [3.8, 4) is 0 Å². The molecule has 0 aromatic heterocycles. The summed E-state index contributed by atoms with van der Waals surface area (Å²) in [6, 6.07) is 0. The molecule has 0 aromatic carbocycles. The van der Waals surface area contributed by atoms with Gasteiger partial charge in [0, 0.05) is 12.8 Å². The van der Waals surface area contributed by atoms with Gasteiger partial charge in [-0.2, -0.15) is 0 Å². The zero-order valence-electron chi connectivity index (χ0n) is 20.3. The molecule has 0 amide bonds. The van der Waals surface area contributed by atoms with Crippen molar-refractivity contribution in [1.29, 1.82) is 0 Å². The number of carbonyl (C=O) groups excluding carboxylic acids is 3. The number of fused-ring (bicyclic) bond motifs is 2. The van der Waals surface area contributed by atoms with E-state index < -0.39 is 0 Å². The average molecular weight is 481 g/mol. The zero-order valence-corrected chi connectivity index (χ0v) is 20.3. The van der Waals surface area contributed by atoms with E-state index in [0.29, 0.717) is 56.9 Å². The van der Waals surface area contributed by atoms with Crippen LogP contribution < -0.4 is 0 Å². The lowest BCUT2D eigenvalue weighted by Crippen LogP contribution is -2.24. The van der Waals surface area contributed by atoms with Gasteiger partial charge in [-0.05, 0) is 83.0 Å². The minimum Gasteiger partial charge on any atom is -0.466 e. The van der Waals surface area contributed by atoms with E-state index in [-0.39, 0.29) is 29.9 Å². The molecule has 4 rings (SSSR count). The first-order valence-electron chi connectivity index (χ1n) is 13.4. The molecule has 0 radical (unpaired) electrons. The highest BCUT2D eigenvalue weighted by Gasteiger charge is 2.46. The lowest BCUT2D eigenvalue weighted by molar-refractivity contribution is -0.150. The van der Waals surface area contributed by atoms with E-state index in [1.54, 1.807) is 0 Å². The third-order valence-corrected chi connectivity index (χ3v) is 7.49. The molecule has 6 unspecified atom stereocenters. The average Bonchev–Trinajstić information content (AvgIpc) is 3.75. The van der Waals surface area contributed by atoms with Crippen LogP contribution in [0.4, 0.5) is 0 Å². The van der Waals surface area contributed by atoms with Crippen molar-refractivity contribution in [3.05, 3.63) is 0 Å². The van der Waals surface area contributed by atoms with Crippen LogP contribution in [0.5, 0.6) is 0 Å². The Labute approximate surface area is 202 Å². The highest BCUT2D eigenvalue weighted by atomic mass is 16.6. The lowest BCUT2D eigenvalue weighted by atomic mass is 9.89. The van der Waals surface area contributed by atoms with Gasteiger partial charge in [0.25, 0.3) is 0 Å². The van der Waals surface area contributed by atoms with Gasteiger partial charge in [-0.25, -0.2) is 0 Å². The van der Waals surface area contributed by atoms with Gasteiger partial charge in [0.15, 0.2) is 0 Å². The number of ether oxygens (including phenoxy) is 5. The molecule has 6 atom stereocenters. The monoisotopic (exact) mass is 480 g/mol. The molecule has 2 heterocycles. The molecule has 2 saturated carbocycles. The van der Waals surface area contributed by atoms with Crippen LogP contribution in [0.2, 0.25) is 0 Å². The summed E-state index contributed by atoms with van der Waals surface area (Å²) in [5, 5.41) is 0. The minimum atomic E-state index is -0.188. The highest BCUT2D eigenvalue weighted by molar-refractivity contribution is 5.72. The van der Waals surface area contributed by atoms with Gasteiger partial charge >= 0.3 is 17.9 Å². The van der Waals surface area contributed by atoms with Crippen LogP contribution in [0, 0.1) is 11.8 Å². The first-order chi connectivity index (χ1) is 16.6. The zero-order chi connectivity index (χ0) is 23.8. The molecule has 4 fully saturated rings. The van der Waals surface area contributed by atoms with E-state index in [9.17, 15) is 14.4 Å². The predicted molar refractivity (Wildman–Crippen MR) is 122 cm³/mol. The second-order valence-corrected chi connectivity index (χ2v) is 10.3. The number of hydrogen-bond acceptors (Lipinski definition) is 8. The maximum absolute atomic E-state index is 12.1. The molecule has 2 saturated heterocycles. The highest BCUT2D eigenvalue weighted by Crippen LogP contribution is 2.40. The molecule has 8 heteroatoms. The quantitative estimate of drug-likeness (QED) is 0.151. The van der Waals surface area contributed by atoms with E-state index >= 15 is 0 Å². The Morgan fingerprint density at radius 2 is 1.24 bits per heavy atom. The first-order valence-corrected chi connectivity index (χ1v) is 13.4. The van der Waals surface area contributed by atoms with Gasteiger partial charge in [-0.1, -0.05) is 0 Å². The fraction of sp³-hybridized carbons (Fsp3) is 0.885. The third-order valence-electron chi connectivity index (χ3n) is 7.49. The van der Waals surface area contributed by atoms with Crippen LogP contribution in [0.15, 0.2) is 0 Å². The Balaban J connectivity index is 0.891. The molecule has 0 spiro atoms. The Morgan fingerprint density at radius 3 is 1.91 bits per heavy atom. The van der Waals surface area contributed by atoms with E-state index in [1.165, 1.54) is 0 Å². The molecular formula is C26H40O8. The van der Waals surface area contributed by atoms with Crippen molar-refractivity contribution in [2.75, 3.05) is 19.8 Å². The number of carbonyl (C=O) groups is 3. The Bertz CT molecular complexity index is 694. The Kier molecular flexibility index (Phi) is 9.62. The summed E-state index contributed by atoms with van der Waals surface area (Å²) in [4.78, 5) is 35.8. The van der Waals surface area contributed by atoms with E-state index in [1.807, 2.05) is 0 Å². The second kappa shape index (κ2) is 12.9. The molecule has 0 bridgehead atoms. The summed E-state index contributed by atoms with van der Waals surface area (Å²) in [6.07, 6.45) is 12.9. The fourth-order valence-corrected chi connectivity index (χ4v) is 5.18. The first kappa shape index (κ1) is 25.4. The van der Waals surface area contributed by atoms with Crippen LogP contribution in [0.3, 0.4) is 0 Å². The van der Waals surface area contributed by atoms with Crippen molar-refractivity contribution in [3.63, 3.8) is 0 Å². The van der Waals surface area contributed by atoms with E-state index in [4.69, 9.17) is 23.7 Å². The number of esters is 3. The molecule has 0 N–H and O–H groups in total. The Morgan fingerprint density at radius 1 is 0.618 bits per heavy atom. The summed E-state index contributed by atoms with van der Waals surface area (Å²) >= 11 is 0. The van der Waals surface area contributed by atoms with Crippen LogP contribution in [-0.4, -0.2) is 62.1 Å². The minimum absolute atomic E-state index is 0.00753. The molecule has 4 aliphatic rings. The molecule has 8 nitrogen and oxygen atoms in total. The normalized spacial score (nSPS) is 31.1. The fourth-order valence-electron chi connectivity index (χ4n) is 5.18. The third kappa shape index (κ3) is 8.52. The summed E-state index contributed by atoms with van der Waals surface area (Å²) in [7, 11) is 0. The van der Waals surface area contributed by atoms with Crippen molar-refractivity contribution in [2.24, 2.45) is 11.8 Å². The lowest BCUT2D eigenvalue weighted by Gasteiger charge is -2.18. The number of unbranched alkanes of at least 4 members (excludes halogenated alkanes) is 4. The second-order valence-electron chi connectivity index (χ2n) is 10.3. The van der Waals surface area contributed by atoms with Gasteiger partial charge in [-0.15, -0.1) is 0 Å². The largest absolute Gasteiger partial charge is 0.466 e. The summed E-state index contributed by atoms with van der Waals surface area (Å²) < 4.78 is 27.0. The van der Waals surface area contributed by atoms with Gasteiger partial charge in [0.2, 0.25) is 0 Å². The van der Waals surface area contributed by atoms with E-state index in [0.717, 1.165) is 77.0 Å². The number of rotatable bonds is 15. The van der Waals surface area contributed by atoms with Crippen molar-refractivity contribution >= 4 is 17.9 Å². The Hall–Kier alpha value is -1.67. The number of epoxide rings is 2. The summed E-state index contributed by atoms with van der Waals surface area (Å²) in [5.41, 5.74) is 0. The van der Waals surface area contributed by atoms with Crippen LogP contribution in [0.25, 0.3) is 0 Å². The topological polar surface area (TPSA) is 104 Å². The van der Waals surface area contributed by atoms with Crippen molar-refractivity contribution < 1.29 is 38.1 Å². The standard InChI is InChI=1S/C26H40O8/c27-24(7-3-2-6-14-31-26(29)19-10-12-21-23(16-19)34-21)30-13-5-1-4-8-25(28)32-17-18-9-11-20-22(15-18)33-20/h18-23H,1-17H2. The van der Waals surface area contributed by atoms with Gasteiger partial charge in [0.05, 0.1) is 50.2 Å². The van der Waals surface area contributed by atoms with Gasteiger partial charge < -0.3 is 23.7 Å². The van der Waals surface area contributed by atoms with Crippen molar-refractivity contribution in [1.82, 2.24) is 0 Å². The molecule has 2 aliphatic heterocycles. The van der Waals surface area contributed by atoms with Crippen molar-refractivity contribution in [2.45, 2.75) is 114 Å². The molecule has 34 heavy (non-hydrogen) atoms. The summed E-state index contributed by atoms with van der Waals surface area (Å²) in [5.74, 6) is 0.0199. The van der Waals surface area contributed by atoms with Crippen LogP contribution in [-0.2, 0) is 38.1 Å².